The molecule has 0 radical (unpaired) electrons. The molecule has 1 aliphatic rings. The van der Waals surface area contributed by atoms with Crippen molar-refractivity contribution in [3.63, 3.8) is 0 Å². The van der Waals surface area contributed by atoms with E-state index in [-0.39, 0.29) is 38.8 Å². The van der Waals surface area contributed by atoms with E-state index >= 15 is 0 Å². The van der Waals surface area contributed by atoms with Crippen LogP contribution in [-0.4, -0.2) is 54.2 Å². The van der Waals surface area contributed by atoms with Crippen LogP contribution in [0.1, 0.15) is 10.5 Å². The summed E-state index contributed by atoms with van der Waals surface area (Å²) >= 11 is 12.9. The molecule has 3 N–H and O–H groups in total. The third-order valence-corrected chi connectivity index (χ3v) is 8.06. The molecular formula is C24H20Cl2N6O6S. The topological polar surface area (TPSA) is 154 Å². The average molecular weight is 591 g/mol. The van der Waals surface area contributed by atoms with E-state index in [0.717, 1.165) is 0 Å². The fraction of sp³-hybridized carbons (Fsp3) is 0.167. The number of aromatic nitrogens is 3. The number of amides is 2. The summed E-state index contributed by atoms with van der Waals surface area (Å²) in [6.45, 7) is 0.379. The number of benzene rings is 2. The molecule has 3 heterocycles. The quantitative estimate of drug-likeness (QED) is 0.280. The highest BCUT2D eigenvalue weighted by atomic mass is 35.5. The van der Waals surface area contributed by atoms with Gasteiger partial charge in [0.1, 0.15) is 23.1 Å². The molecule has 0 aliphatic carbocycles. The van der Waals surface area contributed by atoms with Crippen LogP contribution in [-0.2, 0) is 21.8 Å². The zero-order valence-electron chi connectivity index (χ0n) is 20.1. The number of alkyl carbamates (subject to hydrolysis) is 1. The summed E-state index contributed by atoms with van der Waals surface area (Å²) in [5.74, 6) is -0.102. The molecule has 2 aromatic carbocycles. The van der Waals surface area contributed by atoms with Crippen molar-refractivity contribution in [1.29, 1.82) is 0 Å². The number of carbonyl (C=O) groups is 2. The number of nitrogens with one attached hydrogen (secondary N) is 3. The van der Waals surface area contributed by atoms with E-state index in [1.54, 1.807) is 23.7 Å². The van der Waals surface area contributed by atoms with Crippen molar-refractivity contribution in [2.45, 2.75) is 11.0 Å². The van der Waals surface area contributed by atoms with Crippen molar-refractivity contribution in [3.05, 3.63) is 70.7 Å². The second-order valence-electron chi connectivity index (χ2n) is 8.42. The standard InChI is InChI=1S/C24H20Cl2N6O6S/c1-32-17-9-19(37-12-14-10-29-24(34)38-14)22(26)21(25)16(17)8-18(32)23(33)30-13-2-4-15(5-3-13)39(35,36)31-20-11-27-6-7-28-20/h2-9,11,14H,10,12H2,1H3,(H,28,31)(H,29,34)(H,30,33)/t14-/m1/s1. The highest BCUT2D eigenvalue weighted by Crippen LogP contribution is 2.40. The van der Waals surface area contributed by atoms with E-state index < -0.39 is 28.1 Å². The predicted octanol–water partition coefficient (Wildman–Crippen LogP) is 3.82. The fourth-order valence-electron chi connectivity index (χ4n) is 3.87. The van der Waals surface area contributed by atoms with Crippen molar-refractivity contribution < 1.29 is 27.5 Å². The Balaban J connectivity index is 1.32. The molecule has 1 aliphatic heterocycles. The number of hydrogen-bond acceptors (Lipinski definition) is 8. The Labute approximate surface area is 232 Å². The summed E-state index contributed by atoms with van der Waals surface area (Å²) in [6, 6.07) is 8.88. The van der Waals surface area contributed by atoms with Crippen molar-refractivity contribution in [3.8, 4) is 5.75 Å². The van der Waals surface area contributed by atoms with Crippen LogP contribution in [0.4, 0.5) is 16.3 Å². The first-order chi connectivity index (χ1) is 18.6. The number of sulfonamides is 1. The molecule has 0 spiro atoms. The molecule has 15 heteroatoms. The number of aryl methyl sites for hydroxylation is 1. The van der Waals surface area contributed by atoms with E-state index in [4.69, 9.17) is 32.7 Å². The average Bonchev–Trinajstić information content (AvgIpc) is 3.48. The van der Waals surface area contributed by atoms with Crippen LogP contribution in [0, 0.1) is 0 Å². The first kappa shape index (κ1) is 26.5. The van der Waals surface area contributed by atoms with Gasteiger partial charge in [-0.1, -0.05) is 23.2 Å². The molecule has 0 bridgehead atoms. The molecule has 12 nitrogen and oxygen atoms in total. The van der Waals surface area contributed by atoms with E-state index in [2.05, 4.69) is 25.3 Å². The van der Waals surface area contributed by atoms with Gasteiger partial charge in [-0.3, -0.25) is 14.5 Å². The van der Waals surface area contributed by atoms with Gasteiger partial charge in [-0.2, -0.15) is 0 Å². The number of rotatable bonds is 8. The second-order valence-corrected chi connectivity index (χ2v) is 10.9. The molecule has 1 atom stereocenters. The van der Waals surface area contributed by atoms with Gasteiger partial charge >= 0.3 is 6.09 Å². The highest BCUT2D eigenvalue weighted by Gasteiger charge is 2.25. The normalized spacial score (nSPS) is 15.1. The predicted molar refractivity (Wildman–Crippen MR) is 144 cm³/mol. The number of halogens is 2. The third-order valence-electron chi connectivity index (χ3n) is 5.82. The number of cyclic esters (lactones) is 1. The lowest BCUT2D eigenvalue weighted by Crippen LogP contribution is -2.22. The van der Waals surface area contributed by atoms with Gasteiger partial charge in [0.2, 0.25) is 0 Å². The van der Waals surface area contributed by atoms with Crippen LogP contribution in [0.5, 0.6) is 5.75 Å². The molecule has 2 aromatic heterocycles. The molecule has 202 valence electrons. The monoisotopic (exact) mass is 590 g/mol. The Morgan fingerprint density at radius 3 is 2.64 bits per heavy atom. The van der Waals surface area contributed by atoms with E-state index in [1.165, 1.54) is 42.9 Å². The van der Waals surface area contributed by atoms with E-state index in [1.807, 2.05) is 0 Å². The zero-order chi connectivity index (χ0) is 27.7. The van der Waals surface area contributed by atoms with Crippen molar-refractivity contribution in [2.75, 3.05) is 23.2 Å². The summed E-state index contributed by atoms with van der Waals surface area (Å²) in [5, 5.41) is 6.18. The summed E-state index contributed by atoms with van der Waals surface area (Å²) < 4.78 is 40.0. The Morgan fingerprint density at radius 1 is 1.21 bits per heavy atom. The highest BCUT2D eigenvalue weighted by molar-refractivity contribution is 7.92. The van der Waals surface area contributed by atoms with Crippen LogP contribution >= 0.6 is 23.2 Å². The Morgan fingerprint density at radius 2 is 1.97 bits per heavy atom. The molecule has 0 unspecified atom stereocenters. The van der Waals surface area contributed by atoms with Crippen LogP contribution in [0.15, 0.2) is 59.9 Å². The number of fused-ring (bicyclic) bond motifs is 1. The van der Waals surface area contributed by atoms with Gasteiger partial charge in [0.05, 0.1) is 28.2 Å². The van der Waals surface area contributed by atoms with Gasteiger partial charge in [-0.05, 0) is 30.3 Å². The minimum Gasteiger partial charge on any atom is -0.488 e. The maximum atomic E-state index is 13.1. The Kier molecular flexibility index (Phi) is 7.21. The van der Waals surface area contributed by atoms with Crippen LogP contribution < -0.4 is 20.1 Å². The van der Waals surface area contributed by atoms with Gasteiger partial charge in [0.25, 0.3) is 15.9 Å². The Bertz CT molecular complexity index is 1680. The number of nitrogens with zero attached hydrogens (tertiary/aromatic N) is 3. The van der Waals surface area contributed by atoms with Crippen LogP contribution in [0.25, 0.3) is 10.9 Å². The van der Waals surface area contributed by atoms with Crippen molar-refractivity contribution in [2.24, 2.45) is 7.05 Å². The number of anilines is 2. The van der Waals surface area contributed by atoms with E-state index in [0.29, 0.717) is 23.1 Å². The van der Waals surface area contributed by atoms with Gasteiger partial charge < -0.3 is 24.7 Å². The van der Waals surface area contributed by atoms with Gasteiger partial charge in [-0.15, -0.1) is 0 Å². The minimum atomic E-state index is -3.90. The van der Waals surface area contributed by atoms with Crippen molar-refractivity contribution in [1.82, 2.24) is 19.9 Å². The first-order valence-electron chi connectivity index (χ1n) is 11.4. The largest absolute Gasteiger partial charge is 0.488 e. The lowest BCUT2D eigenvalue weighted by Gasteiger charge is -2.13. The summed E-state index contributed by atoms with van der Waals surface area (Å²) in [5.41, 5.74) is 1.23. The van der Waals surface area contributed by atoms with Gasteiger partial charge in [0, 0.05) is 36.6 Å². The van der Waals surface area contributed by atoms with Gasteiger partial charge in [-0.25, -0.2) is 18.2 Å². The number of carbonyl (C=O) groups excluding carboxylic acids is 2. The maximum absolute atomic E-state index is 13.1. The Hall–Kier alpha value is -4.07. The smallest absolute Gasteiger partial charge is 0.407 e. The molecule has 5 rings (SSSR count). The fourth-order valence-corrected chi connectivity index (χ4v) is 5.32. The zero-order valence-corrected chi connectivity index (χ0v) is 22.5. The SMILES string of the molecule is Cn1c(C(=O)Nc2ccc(S(=O)(=O)Nc3cnccn3)cc2)cc2c(Cl)c(Cl)c(OC[C@H]3CNC(=O)O3)cc21. The lowest BCUT2D eigenvalue weighted by atomic mass is 10.2. The van der Waals surface area contributed by atoms with Crippen LogP contribution in [0.2, 0.25) is 10.0 Å². The summed E-state index contributed by atoms with van der Waals surface area (Å²) in [7, 11) is -2.21. The number of ether oxygens (including phenoxy) is 2. The van der Waals surface area contributed by atoms with Gasteiger partial charge in [0.15, 0.2) is 11.9 Å². The molecule has 1 saturated heterocycles. The first-order valence-corrected chi connectivity index (χ1v) is 13.6. The molecule has 2 amide bonds. The molecule has 1 fully saturated rings. The summed E-state index contributed by atoms with van der Waals surface area (Å²) in [4.78, 5) is 32.0. The molecule has 4 aromatic rings. The van der Waals surface area contributed by atoms with Crippen molar-refractivity contribution >= 4 is 67.6 Å². The minimum absolute atomic E-state index is 0.0205. The number of hydrogen-bond donors (Lipinski definition) is 3. The third kappa shape index (κ3) is 5.55. The molecule has 39 heavy (non-hydrogen) atoms. The maximum Gasteiger partial charge on any atom is 0.407 e. The lowest BCUT2D eigenvalue weighted by molar-refractivity contribution is 0.101. The molecular weight excluding hydrogens is 571 g/mol. The van der Waals surface area contributed by atoms with E-state index in [9.17, 15) is 18.0 Å². The van der Waals surface area contributed by atoms with Crippen LogP contribution in [0.3, 0.4) is 0 Å². The molecule has 0 saturated carbocycles. The summed E-state index contributed by atoms with van der Waals surface area (Å²) in [6.07, 6.45) is 3.09. The second kappa shape index (κ2) is 10.6.